The lowest BCUT2D eigenvalue weighted by Gasteiger charge is -2.12. The predicted octanol–water partition coefficient (Wildman–Crippen LogP) is 1.64. The SMILES string of the molecule is O=CC1=CC=C2C=CC=c3ccccc3=C2C1. The lowest BCUT2D eigenvalue weighted by Crippen LogP contribution is -2.26. The van der Waals surface area contributed by atoms with Crippen molar-refractivity contribution < 1.29 is 4.79 Å². The molecule has 2 aliphatic carbocycles. The molecule has 0 aromatic heterocycles. The largest absolute Gasteiger partial charge is 0.298 e. The van der Waals surface area contributed by atoms with Crippen molar-refractivity contribution in [3.63, 3.8) is 0 Å². The summed E-state index contributed by atoms with van der Waals surface area (Å²) in [4.78, 5) is 10.9. The first kappa shape index (κ1) is 10.0. The molecule has 0 amide bonds. The molecule has 0 N–H and O–H groups in total. The fourth-order valence-electron chi connectivity index (χ4n) is 2.32. The maximum Gasteiger partial charge on any atom is 0.146 e. The third-order valence-electron chi connectivity index (χ3n) is 3.20. The molecule has 17 heavy (non-hydrogen) atoms. The van der Waals surface area contributed by atoms with Crippen molar-refractivity contribution in [1.29, 1.82) is 0 Å². The van der Waals surface area contributed by atoms with Crippen LogP contribution in [0.25, 0.3) is 11.6 Å². The lowest BCUT2D eigenvalue weighted by atomic mass is 9.91. The molecule has 0 unspecified atom stereocenters. The second-order valence-corrected chi connectivity index (χ2v) is 4.25. The van der Waals surface area contributed by atoms with E-state index in [-0.39, 0.29) is 0 Å². The zero-order valence-electron chi connectivity index (χ0n) is 9.39. The van der Waals surface area contributed by atoms with Crippen molar-refractivity contribution in [2.24, 2.45) is 0 Å². The Morgan fingerprint density at radius 3 is 2.82 bits per heavy atom. The lowest BCUT2D eigenvalue weighted by molar-refractivity contribution is -0.104. The zero-order chi connectivity index (χ0) is 11.7. The highest BCUT2D eigenvalue weighted by atomic mass is 16.1. The molecule has 0 saturated carbocycles. The van der Waals surface area contributed by atoms with Crippen molar-refractivity contribution in [3.8, 4) is 0 Å². The molecular weight excluding hydrogens is 208 g/mol. The minimum Gasteiger partial charge on any atom is -0.298 e. The van der Waals surface area contributed by atoms with Crippen molar-refractivity contribution in [2.75, 3.05) is 0 Å². The summed E-state index contributed by atoms with van der Waals surface area (Å²) >= 11 is 0. The van der Waals surface area contributed by atoms with Gasteiger partial charge < -0.3 is 0 Å². The van der Waals surface area contributed by atoms with E-state index in [2.05, 4.69) is 30.4 Å². The number of allylic oxidation sites excluding steroid dienone is 6. The number of carbonyl (C=O) groups excluding carboxylic acids is 1. The quantitative estimate of drug-likeness (QED) is 0.658. The van der Waals surface area contributed by atoms with Crippen LogP contribution >= 0.6 is 0 Å². The minimum atomic E-state index is 0.727. The fraction of sp³-hybridized carbons (Fsp3) is 0.0625. The molecule has 3 rings (SSSR count). The first-order chi connectivity index (χ1) is 8.38. The van der Waals surface area contributed by atoms with Gasteiger partial charge in [-0.3, -0.25) is 4.79 Å². The standard InChI is InChI=1S/C16H12O/c17-11-12-8-9-14-6-3-5-13-4-1-2-7-15(13)16(14)10-12/h1-9,11H,10H2. The molecule has 0 saturated heterocycles. The van der Waals surface area contributed by atoms with Gasteiger partial charge in [0.25, 0.3) is 0 Å². The molecule has 0 radical (unpaired) electrons. The van der Waals surface area contributed by atoms with Gasteiger partial charge in [-0.25, -0.2) is 0 Å². The molecule has 82 valence electrons. The van der Waals surface area contributed by atoms with Gasteiger partial charge in [0.2, 0.25) is 0 Å². The Kier molecular flexibility index (Phi) is 2.37. The zero-order valence-corrected chi connectivity index (χ0v) is 9.39. The average Bonchev–Trinajstić information content (AvgIpc) is 2.57. The molecule has 1 aromatic carbocycles. The van der Waals surface area contributed by atoms with Gasteiger partial charge in [0.05, 0.1) is 0 Å². The van der Waals surface area contributed by atoms with E-state index >= 15 is 0 Å². The summed E-state index contributed by atoms with van der Waals surface area (Å²) in [5.41, 5.74) is 3.29. The Bertz CT molecular complexity index is 684. The van der Waals surface area contributed by atoms with Crippen LogP contribution in [0, 0.1) is 0 Å². The summed E-state index contributed by atoms with van der Waals surface area (Å²) in [5.74, 6) is 0. The van der Waals surface area contributed by atoms with E-state index in [0.29, 0.717) is 0 Å². The van der Waals surface area contributed by atoms with Crippen LogP contribution in [-0.4, -0.2) is 6.29 Å². The maximum absolute atomic E-state index is 10.9. The highest BCUT2D eigenvalue weighted by Gasteiger charge is 2.12. The summed E-state index contributed by atoms with van der Waals surface area (Å²) in [7, 11) is 0. The Morgan fingerprint density at radius 1 is 1.06 bits per heavy atom. The topological polar surface area (TPSA) is 17.1 Å². The fourth-order valence-corrected chi connectivity index (χ4v) is 2.32. The third-order valence-corrected chi connectivity index (χ3v) is 3.20. The van der Waals surface area contributed by atoms with E-state index in [9.17, 15) is 4.79 Å². The summed E-state index contributed by atoms with van der Waals surface area (Å²) in [6.45, 7) is 0. The van der Waals surface area contributed by atoms with E-state index in [1.807, 2.05) is 24.3 Å². The number of benzene rings is 1. The van der Waals surface area contributed by atoms with Gasteiger partial charge >= 0.3 is 0 Å². The van der Waals surface area contributed by atoms with Gasteiger partial charge in [-0.1, -0.05) is 54.6 Å². The molecular formula is C16H12O. The molecule has 2 aliphatic rings. The Hall–Kier alpha value is -2.15. The van der Waals surface area contributed by atoms with Crippen molar-refractivity contribution in [2.45, 2.75) is 6.42 Å². The van der Waals surface area contributed by atoms with E-state index in [4.69, 9.17) is 0 Å². The third kappa shape index (κ3) is 1.70. The molecule has 0 bridgehead atoms. The second kappa shape index (κ2) is 4.02. The minimum absolute atomic E-state index is 0.727. The van der Waals surface area contributed by atoms with E-state index in [0.717, 1.165) is 18.3 Å². The maximum atomic E-state index is 10.9. The van der Waals surface area contributed by atoms with Crippen molar-refractivity contribution in [3.05, 3.63) is 70.2 Å². The van der Waals surface area contributed by atoms with Crippen LogP contribution in [0.3, 0.4) is 0 Å². The number of rotatable bonds is 1. The number of fused-ring (bicyclic) bond motifs is 2. The summed E-state index contributed by atoms with van der Waals surface area (Å²) in [6, 6.07) is 8.31. The molecule has 0 heterocycles. The average molecular weight is 220 g/mol. The van der Waals surface area contributed by atoms with Crippen molar-refractivity contribution >= 4 is 17.9 Å². The smallest absolute Gasteiger partial charge is 0.146 e. The van der Waals surface area contributed by atoms with Gasteiger partial charge in [-0.2, -0.15) is 0 Å². The van der Waals surface area contributed by atoms with Gasteiger partial charge in [0.1, 0.15) is 6.29 Å². The predicted molar refractivity (Wildman–Crippen MR) is 69.6 cm³/mol. The van der Waals surface area contributed by atoms with Crippen LogP contribution in [0.1, 0.15) is 6.42 Å². The Morgan fingerprint density at radius 2 is 1.94 bits per heavy atom. The summed E-state index contributed by atoms with van der Waals surface area (Å²) < 4.78 is 0. The molecule has 0 atom stereocenters. The monoisotopic (exact) mass is 220 g/mol. The van der Waals surface area contributed by atoms with Crippen LogP contribution in [0.2, 0.25) is 0 Å². The molecule has 0 aliphatic heterocycles. The van der Waals surface area contributed by atoms with Gasteiger partial charge in [-0.05, 0) is 27.2 Å². The van der Waals surface area contributed by atoms with E-state index in [1.165, 1.54) is 21.6 Å². The number of aldehydes is 1. The second-order valence-electron chi connectivity index (χ2n) is 4.25. The van der Waals surface area contributed by atoms with Crippen LogP contribution in [0.15, 0.2) is 59.7 Å². The normalized spacial score (nSPS) is 17.1. The highest BCUT2D eigenvalue weighted by Crippen LogP contribution is 2.25. The molecule has 1 heteroatoms. The molecule has 0 fully saturated rings. The number of hydrogen-bond donors (Lipinski definition) is 0. The van der Waals surface area contributed by atoms with E-state index < -0.39 is 0 Å². The number of carbonyl (C=O) groups is 1. The first-order valence-corrected chi connectivity index (χ1v) is 5.71. The van der Waals surface area contributed by atoms with Crippen LogP contribution in [0.5, 0.6) is 0 Å². The Balaban J connectivity index is 2.36. The first-order valence-electron chi connectivity index (χ1n) is 5.71. The van der Waals surface area contributed by atoms with Crippen molar-refractivity contribution in [1.82, 2.24) is 0 Å². The van der Waals surface area contributed by atoms with Gasteiger partial charge in [0.15, 0.2) is 0 Å². The molecule has 1 nitrogen and oxygen atoms in total. The van der Waals surface area contributed by atoms with E-state index in [1.54, 1.807) is 0 Å². The highest BCUT2D eigenvalue weighted by molar-refractivity contribution is 5.85. The summed E-state index contributed by atoms with van der Waals surface area (Å²) in [6.07, 6.45) is 11.9. The van der Waals surface area contributed by atoms with Gasteiger partial charge in [0, 0.05) is 6.42 Å². The van der Waals surface area contributed by atoms with Crippen LogP contribution in [0.4, 0.5) is 0 Å². The summed E-state index contributed by atoms with van der Waals surface area (Å²) in [5, 5.41) is 2.45. The van der Waals surface area contributed by atoms with Crippen LogP contribution < -0.4 is 10.4 Å². The molecule has 0 spiro atoms. The van der Waals surface area contributed by atoms with Crippen LogP contribution in [-0.2, 0) is 4.79 Å². The Labute approximate surface area is 99.8 Å². The number of hydrogen-bond acceptors (Lipinski definition) is 1. The van der Waals surface area contributed by atoms with Gasteiger partial charge in [-0.15, -0.1) is 0 Å². The molecule has 1 aromatic rings.